The van der Waals surface area contributed by atoms with E-state index in [0.29, 0.717) is 17.8 Å². The molecule has 3 rings (SSSR count). The molecule has 2 heterocycles. The Morgan fingerprint density at radius 2 is 1.73 bits per heavy atom. The van der Waals surface area contributed by atoms with Gasteiger partial charge in [-0.3, -0.25) is 19.1 Å². The van der Waals surface area contributed by atoms with Crippen molar-refractivity contribution in [2.45, 2.75) is 32.2 Å². The molecule has 0 saturated carbocycles. The summed E-state index contributed by atoms with van der Waals surface area (Å²) in [4.78, 5) is 41.9. The predicted octanol–water partition coefficient (Wildman–Crippen LogP) is 1.43. The molecule has 1 fully saturated rings. The summed E-state index contributed by atoms with van der Waals surface area (Å²) in [6.07, 6.45) is 0. The van der Waals surface area contributed by atoms with Gasteiger partial charge in [0.1, 0.15) is 11.7 Å². The van der Waals surface area contributed by atoms with Gasteiger partial charge in [0.05, 0.1) is 12.2 Å². The van der Waals surface area contributed by atoms with E-state index in [1.807, 2.05) is 26.8 Å². The van der Waals surface area contributed by atoms with Crippen LogP contribution in [0.25, 0.3) is 0 Å². The monoisotopic (exact) mass is 411 g/mol. The topological polar surface area (TPSA) is 87.5 Å². The molecule has 8 nitrogen and oxygen atoms in total. The van der Waals surface area contributed by atoms with E-state index in [1.54, 1.807) is 51.9 Å². The van der Waals surface area contributed by atoms with Crippen LogP contribution in [0.3, 0.4) is 0 Å². The Bertz CT molecular complexity index is 945. The van der Waals surface area contributed by atoms with Crippen molar-refractivity contribution in [2.24, 2.45) is 7.05 Å². The van der Waals surface area contributed by atoms with Gasteiger partial charge in [-0.05, 0) is 18.2 Å². The predicted molar refractivity (Wildman–Crippen MR) is 113 cm³/mol. The Morgan fingerprint density at radius 3 is 2.30 bits per heavy atom. The molecule has 0 radical (unpaired) electrons. The van der Waals surface area contributed by atoms with Crippen molar-refractivity contribution in [1.82, 2.24) is 24.9 Å². The zero-order valence-electron chi connectivity index (χ0n) is 18.2. The third-order valence-electron chi connectivity index (χ3n) is 5.37. The fourth-order valence-electron chi connectivity index (χ4n) is 3.54. The maximum absolute atomic E-state index is 13.2. The molecule has 0 aliphatic carbocycles. The van der Waals surface area contributed by atoms with Crippen LogP contribution in [0.15, 0.2) is 36.4 Å². The number of benzene rings is 1. The van der Waals surface area contributed by atoms with Crippen LogP contribution in [-0.2, 0) is 17.3 Å². The lowest BCUT2D eigenvalue weighted by Gasteiger charge is -2.40. The fraction of sp³-hybridized carbons (Fsp3) is 0.455. The van der Waals surface area contributed by atoms with Gasteiger partial charge in [-0.25, -0.2) is 0 Å². The lowest BCUT2D eigenvalue weighted by molar-refractivity contribution is -0.126. The minimum absolute atomic E-state index is 0.132. The number of rotatable bonds is 3. The summed E-state index contributed by atoms with van der Waals surface area (Å²) in [7, 11) is 3.28. The molecule has 1 aromatic heterocycles. The molecule has 0 bridgehead atoms. The van der Waals surface area contributed by atoms with Crippen molar-refractivity contribution in [3.63, 3.8) is 0 Å². The summed E-state index contributed by atoms with van der Waals surface area (Å²) in [5, 5.41) is 7.09. The summed E-state index contributed by atoms with van der Waals surface area (Å²) in [6.45, 7) is 6.88. The van der Waals surface area contributed by atoms with Gasteiger partial charge in [-0.2, -0.15) is 5.10 Å². The van der Waals surface area contributed by atoms with Crippen molar-refractivity contribution in [3.05, 3.63) is 53.3 Å². The summed E-state index contributed by atoms with van der Waals surface area (Å²) in [5.41, 5.74) is 1.64. The molecule has 1 aliphatic heterocycles. The van der Waals surface area contributed by atoms with E-state index in [9.17, 15) is 14.4 Å². The number of nitrogens with one attached hydrogen (secondary N) is 1. The minimum Gasteiger partial charge on any atom is -0.357 e. The standard InChI is InChI=1S/C22H29N5O3/c1-22(2,3)18-13-16(25(5)24-18)21(30)26-11-12-27(17(14-26)19(28)23-4)20(29)15-9-7-6-8-10-15/h6-10,13,17H,11-12,14H2,1-5H3,(H,23,28). The van der Waals surface area contributed by atoms with Gasteiger partial charge in [-0.1, -0.05) is 39.0 Å². The number of aryl methyl sites for hydroxylation is 1. The Kier molecular flexibility index (Phi) is 5.96. The van der Waals surface area contributed by atoms with Crippen molar-refractivity contribution in [1.29, 1.82) is 0 Å². The van der Waals surface area contributed by atoms with Crippen molar-refractivity contribution in [3.8, 4) is 0 Å². The van der Waals surface area contributed by atoms with Gasteiger partial charge in [0.15, 0.2) is 0 Å². The molecule has 1 saturated heterocycles. The number of amides is 3. The number of hydrogen-bond donors (Lipinski definition) is 1. The van der Waals surface area contributed by atoms with E-state index < -0.39 is 6.04 Å². The van der Waals surface area contributed by atoms with Gasteiger partial charge in [0, 0.05) is 38.2 Å². The molecule has 0 spiro atoms. The highest BCUT2D eigenvalue weighted by Gasteiger charge is 2.38. The van der Waals surface area contributed by atoms with E-state index in [0.717, 1.165) is 5.69 Å². The largest absolute Gasteiger partial charge is 0.357 e. The molecule has 30 heavy (non-hydrogen) atoms. The number of carbonyl (C=O) groups is 3. The second kappa shape index (κ2) is 8.30. The molecule has 1 aromatic carbocycles. The quantitative estimate of drug-likeness (QED) is 0.828. The zero-order chi connectivity index (χ0) is 22.1. The second-order valence-corrected chi connectivity index (χ2v) is 8.53. The molecular formula is C22H29N5O3. The SMILES string of the molecule is CNC(=O)C1CN(C(=O)c2cc(C(C)(C)C)nn2C)CCN1C(=O)c1ccccc1. The first-order valence-electron chi connectivity index (χ1n) is 10.0. The van der Waals surface area contributed by atoms with Gasteiger partial charge < -0.3 is 15.1 Å². The smallest absolute Gasteiger partial charge is 0.272 e. The van der Waals surface area contributed by atoms with Crippen molar-refractivity contribution < 1.29 is 14.4 Å². The van der Waals surface area contributed by atoms with Crippen LogP contribution < -0.4 is 5.32 Å². The van der Waals surface area contributed by atoms with Crippen molar-refractivity contribution >= 4 is 17.7 Å². The molecule has 1 N–H and O–H groups in total. The van der Waals surface area contributed by atoms with E-state index in [-0.39, 0.29) is 36.2 Å². The lowest BCUT2D eigenvalue weighted by Crippen LogP contribution is -2.61. The van der Waals surface area contributed by atoms with E-state index in [2.05, 4.69) is 10.4 Å². The van der Waals surface area contributed by atoms with E-state index in [1.165, 1.54) is 7.05 Å². The summed E-state index contributed by atoms with van der Waals surface area (Å²) in [5.74, 6) is -0.703. The van der Waals surface area contributed by atoms with E-state index in [4.69, 9.17) is 0 Å². The van der Waals surface area contributed by atoms with Crippen LogP contribution >= 0.6 is 0 Å². The lowest BCUT2D eigenvalue weighted by atomic mass is 9.92. The van der Waals surface area contributed by atoms with Crippen LogP contribution in [0.1, 0.15) is 47.3 Å². The highest BCUT2D eigenvalue weighted by Crippen LogP contribution is 2.23. The number of carbonyl (C=O) groups excluding carboxylic acids is 3. The summed E-state index contributed by atoms with van der Waals surface area (Å²) < 4.78 is 1.58. The molecule has 3 amide bonds. The average Bonchev–Trinajstić information content (AvgIpc) is 3.14. The highest BCUT2D eigenvalue weighted by atomic mass is 16.2. The molecule has 1 aliphatic rings. The fourth-order valence-corrected chi connectivity index (χ4v) is 3.54. The highest BCUT2D eigenvalue weighted by molar-refractivity contribution is 5.99. The molecular weight excluding hydrogens is 382 g/mol. The van der Waals surface area contributed by atoms with Crippen LogP contribution in [-0.4, -0.2) is 70.0 Å². The van der Waals surface area contributed by atoms with E-state index >= 15 is 0 Å². The maximum Gasteiger partial charge on any atom is 0.272 e. The number of aromatic nitrogens is 2. The third kappa shape index (κ3) is 4.22. The van der Waals surface area contributed by atoms with Crippen LogP contribution in [0.2, 0.25) is 0 Å². The first kappa shape index (κ1) is 21.5. The van der Waals surface area contributed by atoms with Gasteiger partial charge >= 0.3 is 0 Å². The number of likely N-dealkylation sites (N-methyl/N-ethyl adjacent to an activating group) is 1. The first-order chi connectivity index (χ1) is 14.1. The van der Waals surface area contributed by atoms with Crippen LogP contribution in [0, 0.1) is 0 Å². The first-order valence-corrected chi connectivity index (χ1v) is 10.0. The van der Waals surface area contributed by atoms with Crippen LogP contribution in [0.5, 0.6) is 0 Å². The molecule has 2 aromatic rings. The van der Waals surface area contributed by atoms with Gasteiger partial charge in [0.2, 0.25) is 5.91 Å². The molecule has 160 valence electrons. The number of hydrogen-bond acceptors (Lipinski definition) is 4. The Labute approximate surface area is 176 Å². The third-order valence-corrected chi connectivity index (χ3v) is 5.37. The number of nitrogens with zero attached hydrogens (tertiary/aromatic N) is 4. The molecule has 1 atom stereocenters. The van der Waals surface area contributed by atoms with Crippen molar-refractivity contribution in [2.75, 3.05) is 26.7 Å². The van der Waals surface area contributed by atoms with Crippen LogP contribution in [0.4, 0.5) is 0 Å². The van der Waals surface area contributed by atoms with Gasteiger partial charge in [-0.15, -0.1) is 0 Å². The summed E-state index contributed by atoms with van der Waals surface area (Å²) in [6, 6.07) is 9.92. The number of piperazine rings is 1. The zero-order valence-corrected chi connectivity index (χ0v) is 18.2. The second-order valence-electron chi connectivity index (χ2n) is 8.53. The summed E-state index contributed by atoms with van der Waals surface area (Å²) >= 11 is 0. The normalized spacial score (nSPS) is 17.0. The molecule has 1 unspecified atom stereocenters. The molecule has 8 heteroatoms. The Morgan fingerprint density at radius 1 is 1.07 bits per heavy atom. The Balaban J connectivity index is 1.83. The minimum atomic E-state index is -0.754. The Hall–Kier alpha value is -3.16. The van der Waals surface area contributed by atoms with Gasteiger partial charge in [0.25, 0.3) is 11.8 Å². The maximum atomic E-state index is 13.2. The average molecular weight is 412 g/mol.